The number of nitrogens with one attached hydrogen (secondary N) is 1. The number of halogens is 2. The fourth-order valence-corrected chi connectivity index (χ4v) is 4.72. The molecule has 1 heterocycles. The molecule has 31 heavy (non-hydrogen) atoms. The van der Waals surface area contributed by atoms with Gasteiger partial charge in [0.15, 0.2) is 0 Å². The van der Waals surface area contributed by atoms with E-state index in [9.17, 15) is 22.0 Å². The molecule has 1 aliphatic heterocycles. The van der Waals surface area contributed by atoms with Gasteiger partial charge in [0.25, 0.3) is 0 Å². The molecule has 1 aliphatic rings. The number of hydrogen-bond acceptors (Lipinski definition) is 5. The molecule has 2 aromatic carbocycles. The van der Waals surface area contributed by atoms with Crippen molar-refractivity contribution in [3.8, 4) is 22.6 Å². The predicted octanol–water partition coefficient (Wildman–Crippen LogP) is 3.72. The molecule has 1 amide bonds. The van der Waals surface area contributed by atoms with Crippen molar-refractivity contribution in [3.05, 3.63) is 42.5 Å². The lowest BCUT2D eigenvalue weighted by molar-refractivity contribution is -0.120. The summed E-state index contributed by atoms with van der Waals surface area (Å²) >= 11 is 0. The van der Waals surface area contributed by atoms with Gasteiger partial charge in [0.1, 0.15) is 17.5 Å². The summed E-state index contributed by atoms with van der Waals surface area (Å²) in [5.41, 5.74) is 1.28. The minimum absolute atomic E-state index is 0.0476. The topological polar surface area (TPSA) is 84.9 Å². The maximum absolute atomic E-state index is 12.9. The lowest BCUT2D eigenvalue weighted by atomic mass is 10.0. The van der Waals surface area contributed by atoms with Crippen LogP contribution in [0.3, 0.4) is 0 Å². The summed E-state index contributed by atoms with van der Waals surface area (Å²) < 4.78 is 60.8. The third-order valence-electron chi connectivity index (χ3n) is 5.05. The van der Waals surface area contributed by atoms with Crippen molar-refractivity contribution in [2.24, 2.45) is 0 Å². The Balaban J connectivity index is 1.89. The van der Waals surface area contributed by atoms with Crippen molar-refractivity contribution in [2.75, 3.05) is 25.2 Å². The molecule has 2 aromatic rings. The fourth-order valence-electron chi connectivity index (χ4n) is 3.59. The van der Waals surface area contributed by atoms with E-state index in [1.54, 1.807) is 24.3 Å². The Hall–Kier alpha value is -2.72. The van der Waals surface area contributed by atoms with E-state index in [2.05, 4.69) is 10.1 Å². The Kier molecular flexibility index (Phi) is 7.11. The molecule has 1 unspecified atom stereocenters. The van der Waals surface area contributed by atoms with E-state index in [1.807, 2.05) is 0 Å². The van der Waals surface area contributed by atoms with Gasteiger partial charge in [-0.05, 0) is 48.7 Å². The average molecular weight is 454 g/mol. The minimum atomic E-state index is -3.53. The summed E-state index contributed by atoms with van der Waals surface area (Å²) in [5.74, 6) is 0.0876. The first-order valence-electron chi connectivity index (χ1n) is 9.70. The average Bonchev–Trinajstić information content (AvgIpc) is 2.74. The monoisotopic (exact) mass is 454 g/mol. The van der Waals surface area contributed by atoms with Crippen molar-refractivity contribution >= 4 is 21.6 Å². The highest BCUT2D eigenvalue weighted by Gasteiger charge is 2.34. The molecule has 168 valence electrons. The molecule has 1 N–H and O–H groups in total. The Morgan fingerprint density at radius 1 is 1.16 bits per heavy atom. The summed E-state index contributed by atoms with van der Waals surface area (Å²) in [6, 6.07) is 10.2. The molecule has 0 aliphatic carbocycles. The molecule has 1 saturated heterocycles. The van der Waals surface area contributed by atoms with Crippen LogP contribution in [0, 0.1) is 0 Å². The quantitative estimate of drug-likeness (QED) is 0.689. The van der Waals surface area contributed by atoms with Gasteiger partial charge in [0.2, 0.25) is 15.9 Å². The number of sulfonamides is 1. The fraction of sp³-hybridized carbons (Fsp3) is 0.381. The lowest BCUT2D eigenvalue weighted by Crippen LogP contribution is -2.49. The number of anilines is 1. The molecular weight excluding hydrogens is 430 g/mol. The second kappa shape index (κ2) is 9.61. The zero-order valence-corrected chi connectivity index (χ0v) is 18.0. The van der Waals surface area contributed by atoms with Gasteiger partial charge in [-0.2, -0.15) is 13.1 Å². The van der Waals surface area contributed by atoms with Crippen LogP contribution in [0.15, 0.2) is 42.5 Å². The smallest absolute Gasteiger partial charge is 0.387 e. The Labute approximate surface area is 180 Å². The number of hydrogen-bond donors (Lipinski definition) is 1. The van der Waals surface area contributed by atoms with Gasteiger partial charge >= 0.3 is 6.61 Å². The summed E-state index contributed by atoms with van der Waals surface area (Å²) in [6.07, 6.45) is 2.92. The largest absolute Gasteiger partial charge is 0.497 e. The molecule has 1 atom stereocenters. The third-order valence-corrected chi connectivity index (χ3v) is 6.34. The molecule has 10 heteroatoms. The van der Waals surface area contributed by atoms with Gasteiger partial charge in [-0.3, -0.25) is 4.79 Å². The SMILES string of the molecule is COc1ccc(-c2cc(NC(=O)C3CCCCN3S(C)(=O)=O)ccc2OC(F)F)cc1. The van der Waals surface area contributed by atoms with Gasteiger partial charge in [0, 0.05) is 17.8 Å². The second-order valence-electron chi connectivity index (χ2n) is 7.19. The highest BCUT2D eigenvalue weighted by atomic mass is 32.2. The van der Waals surface area contributed by atoms with Crippen LogP contribution in [0.2, 0.25) is 0 Å². The zero-order valence-electron chi connectivity index (χ0n) is 17.2. The number of ether oxygens (including phenoxy) is 2. The lowest BCUT2D eigenvalue weighted by Gasteiger charge is -2.32. The van der Waals surface area contributed by atoms with Gasteiger partial charge < -0.3 is 14.8 Å². The molecule has 7 nitrogen and oxygen atoms in total. The van der Waals surface area contributed by atoms with Gasteiger partial charge in [-0.25, -0.2) is 8.42 Å². The highest BCUT2D eigenvalue weighted by molar-refractivity contribution is 7.88. The van der Waals surface area contributed by atoms with Crippen molar-refractivity contribution in [3.63, 3.8) is 0 Å². The van der Waals surface area contributed by atoms with Crippen molar-refractivity contribution in [1.82, 2.24) is 4.31 Å². The summed E-state index contributed by atoms with van der Waals surface area (Å²) in [7, 11) is -2.02. The number of methoxy groups -OCH3 is 1. The molecule has 0 radical (unpaired) electrons. The first-order chi connectivity index (χ1) is 14.7. The van der Waals surface area contributed by atoms with Crippen molar-refractivity contribution in [1.29, 1.82) is 0 Å². The van der Waals surface area contributed by atoms with Crippen LogP contribution in [0.25, 0.3) is 11.1 Å². The van der Waals surface area contributed by atoms with Crippen LogP contribution >= 0.6 is 0 Å². The van der Waals surface area contributed by atoms with Crippen molar-refractivity contribution in [2.45, 2.75) is 31.9 Å². The van der Waals surface area contributed by atoms with Crippen molar-refractivity contribution < 1.29 is 31.5 Å². The normalized spacial score (nSPS) is 17.4. The van der Waals surface area contributed by atoms with E-state index in [1.165, 1.54) is 29.6 Å². The van der Waals surface area contributed by atoms with Gasteiger partial charge in [0.05, 0.1) is 13.4 Å². The number of nitrogens with zero attached hydrogens (tertiary/aromatic N) is 1. The van der Waals surface area contributed by atoms with E-state index in [0.29, 0.717) is 35.4 Å². The van der Waals surface area contributed by atoms with Gasteiger partial charge in [-0.1, -0.05) is 18.6 Å². The maximum atomic E-state index is 12.9. The zero-order chi connectivity index (χ0) is 22.6. The van der Waals surface area contributed by atoms with Crippen LogP contribution < -0.4 is 14.8 Å². The number of piperidine rings is 1. The van der Waals surface area contributed by atoms with Crippen LogP contribution in [0.1, 0.15) is 19.3 Å². The molecular formula is C21H24F2N2O5S. The number of benzene rings is 2. The van der Waals surface area contributed by atoms with E-state index in [0.717, 1.165) is 12.7 Å². The van der Waals surface area contributed by atoms with E-state index in [-0.39, 0.29) is 12.3 Å². The Bertz CT molecular complexity index is 1030. The van der Waals surface area contributed by atoms with Gasteiger partial charge in [-0.15, -0.1) is 0 Å². The van der Waals surface area contributed by atoms with E-state index < -0.39 is 28.6 Å². The predicted molar refractivity (Wildman–Crippen MR) is 113 cm³/mol. The first kappa shape index (κ1) is 23.0. The third kappa shape index (κ3) is 5.71. The Morgan fingerprint density at radius 2 is 1.87 bits per heavy atom. The molecule has 0 bridgehead atoms. The number of amides is 1. The minimum Gasteiger partial charge on any atom is -0.497 e. The summed E-state index contributed by atoms with van der Waals surface area (Å²) in [5, 5.41) is 2.71. The Morgan fingerprint density at radius 3 is 2.48 bits per heavy atom. The van der Waals surface area contributed by atoms with Crippen LogP contribution in [-0.2, 0) is 14.8 Å². The highest BCUT2D eigenvalue weighted by Crippen LogP contribution is 2.35. The summed E-state index contributed by atoms with van der Waals surface area (Å²) in [6.45, 7) is -2.72. The van der Waals surface area contributed by atoms with Crippen LogP contribution in [0.4, 0.5) is 14.5 Å². The number of carbonyl (C=O) groups is 1. The van der Waals surface area contributed by atoms with Crippen LogP contribution in [0.5, 0.6) is 11.5 Å². The summed E-state index contributed by atoms with van der Waals surface area (Å²) in [4.78, 5) is 12.8. The number of alkyl halides is 2. The standard InChI is InChI=1S/C21H24F2N2O5S/c1-29-16-9-6-14(7-10-16)17-13-15(8-11-19(17)30-21(22)23)24-20(26)18-5-3-4-12-25(18)31(2,27)28/h6-11,13,18,21H,3-5,12H2,1-2H3,(H,24,26). The number of carbonyl (C=O) groups excluding carboxylic acids is 1. The first-order valence-corrected chi connectivity index (χ1v) is 11.5. The molecule has 0 spiro atoms. The maximum Gasteiger partial charge on any atom is 0.387 e. The second-order valence-corrected chi connectivity index (χ2v) is 9.13. The molecule has 3 rings (SSSR count). The van der Waals surface area contributed by atoms with E-state index in [4.69, 9.17) is 4.74 Å². The van der Waals surface area contributed by atoms with Crippen LogP contribution in [-0.4, -0.2) is 51.2 Å². The molecule has 0 aromatic heterocycles. The number of rotatable bonds is 7. The molecule has 1 fully saturated rings. The van der Waals surface area contributed by atoms with E-state index >= 15 is 0 Å². The molecule has 0 saturated carbocycles.